The summed E-state index contributed by atoms with van der Waals surface area (Å²) in [6.45, 7) is 2.18. The first-order chi connectivity index (χ1) is 13.3. The summed E-state index contributed by atoms with van der Waals surface area (Å²) in [5.41, 5.74) is 10.5. The summed E-state index contributed by atoms with van der Waals surface area (Å²) >= 11 is 0. The van der Waals surface area contributed by atoms with Crippen molar-refractivity contribution in [2.45, 2.75) is 13.3 Å². The number of hydrogen-bond donors (Lipinski definition) is 0. The Morgan fingerprint density at radius 2 is 1.26 bits per heavy atom. The summed E-state index contributed by atoms with van der Waals surface area (Å²) in [5, 5.41) is 0. The molecule has 0 atom stereocenters. The molecule has 0 saturated carbocycles. The number of nitrogens with zero attached hydrogens (tertiary/aromatic N) is 1. The second kappa shape index (κ2) is 6.44. The Kier molecular flexibility index (Phi) is 3.79. The highest BCUT2D eigenvalue weighted by Gasteiger charge is 2.24. The zero-order chi connectivity index (χ0) is 18.2. The van der Waals surface area contributed by atoms with Crippen LogP contribution in [0.2, 0.25) is 0 Å². The van der Waals surface area contributed by atoms with Gasteiger partial charge in [-0.1, -0.05) is 72.8 Å². The van der Waals surface area contributed by atoms with Gasteiger partial charge in [-0.05, 0) is 59.0 Å². The molecule has 1 aliphatic carbocycles. The topological polar surface area (TPSA) is 3.24 Å². The van der Waals surface area contributed by atoms with Crippen LogP contribution in [-0.4, -0.2) is 0 Å². The van der Waals surface area contributed by atoms with E-state index >= 15 is 0 Å². The highest BCUT2D eigenvalue weighted by molar-refractivity contribution is 5.88. The molecule has 0 fully saturated rings. The Balaban J connectivity index is 1.75. The third-order valence-electron chi connectivity index (χ3n) is 5.44. The summed E-state index contributed by atoms with van der Waals surface area (Å²) in [4.78, 5) is 2.40. The molecule has 1 nitrogen and oxygen atoms in total. The molecular weight excluding hydrogens is 326 g/mol. The highest BCUT2D eigenvalue weighted by Crippen LogP contribution is 2.45. The van der Waals surface area contributed by atoms with Crippen LogP contribution in [0.25, 0.3) is 11.1 Å². The molecule has 0 amide bonds. The van der Waals surface area contributed by atoms with Crippen LogP contribution in [0.15, 0.2) is 97.1 Å². The fourth-order valence-corrected chi connectivity index (χ4v) is 4.15. The minimum absolute atomic E-state index is 0.983. The first-order valence-corrected chi connectivity index (χ1v) is 9.44. The van der Waals surface area contributed by atoms with E-state index in [0.717, 1.165) is 6.42 Å². The third-order valence-corrected chi connectivity index (χ3v) is 5.44. The number of anilines is 3. The fraction of sp³-hybridized carbons (Fsp3) is 0.0769. The SMILES string of the molecule is Cc1ccccc1N(c1ccccc1)c1cccc2c1Cc1ccccc1-2. The quantitative estimate of drug-likeness (QED) is 0.338. The molecule has 0 radical (unpaired) electrons. The maximum absolute atomic E-state index is 2.40. The van der Waals surface area contributed by atoms with Crippen LogP contribution in [0.1, 0.15) is 16.7 Å². The Bertz CT molecular complexity index is 1110. The monoisotopic (exact) mass is 347 g/mol. The van der Waals surface area contributed by atoms with E-state index in [-0.39, 0.29) is 0 Å². The molecule has 0 unspecified atom stereocenters. The van der Waals surface area contributed by atoms with Gasteiger partial charge in [-0.15, -0.1) is 0 Å². The van der Waals surface area contributed by atoms with Crippen LogP contribution >= 0.6 is 0 Å². The van der Waals surface area contributed by atoms with E-state index in [2.05, 4.69) is 109 Å². The van der Waals surface area contributed by atoms with E-state index in [4.69, 9.17) is 0 Å². The Labute approximate surface area is 160 Å². The Morgan fingerprint density at radius 1 is 0.593 bits per heavy atom. The lowest BCUT2D eigenvalue weighted by molar-refractivity contribution is 1.19. The lowest BCUT2D eigenvalue weighted by atomic mass is 10.0. The van der Waals surface area contributed by atoms with Gasteiger partial charge < -0.3 is 4.90 Å². The first kappa shape index (κ1) is 15.9. The largest absolute Gasteiger partial charge is 0.310 e. The molecule has 0 heterocycles. The van der Waals surface area contributed by atoms with E-state index in [1.165, 1.54) is 44.9 Å². The number of rotatable bonds is 3. The predicted molar refractivity (Wildman–Crippen MR) is 114 cm³/mol. The van der Waals surface area contributed by atoms with Crippen molar-refractivity contribution in [3.63, 3.8) is 0 Å². The molecule has 0 saturated heterocycles. The molecular formula is C26H21N. The standard InChI is InChI=1S/C26H21N/c1-19-10-5-8-16-25(19)27(21-12-3-2-4-13-21)26-17-9-15-23-22-14-7-6-11-20(22)18-24(23)26/h2-17H,18H2,1H3. The molecule has 1 heteroatoms. The van der Waals surface area contributed by atoms with E-state index in [0.29, 0.717) is 0 Å². The van der Waals surface area contributed by atoms with Gasteiger partial charge in [0.15, 0.2) is 0 Å². The molecule has 4 aromatic rings. The van der Waals surface area contributed by atoms with Crippen LogP contribution in [0.4, 0.5) is 17.1 Å². The second-order valence-electron chi connectivity index (χ2n) is 7.09. The molecule has 27 heavy (non-hydrogen) atoms. The zero-order valence-corrected chi connectivity index (χ0v) is 15.4. The lowest BCUT2D eigenvalue weighted by Crippen LogP contribution is -2.13. The third kappa shape index (κ3) is 2.63. The number of para-hydroxylation sites is 2. The Hall–Kier alpha value is -3.32. The molecule has 130 valence electrons. The van der Waals surface area contributed by atoms with E-state index in [1.807, 2.05) is 0 Å². The van der Waals surface area contributed by atoms with Gasteiger partial charge in [-0.3, -0.25) is 0 Å². The van der Waals surface area contributed by atoms with E-state index in [9.17, 15) is 0 Å². The van der Waals surface area contributed by atoms with Gasteiger partial charge in [0, 0.05) is 17.8 Å². The minimum Gasteiger partial charge on any atom is -0.310 e. The summed E-state index contributed by atoms with van der Waals surface area (Å²) in [7, 11) is 0. The van der Waals surface area contributed by atoms with Crippen LogP contribution < -0.4 is 4.90 Å². The average molecular weight is 347 g/mol. The van der Waals surface area contributed by atoms with Gasteiger partial charge >= 0.3 is 0 Å². The van der Waals surface area contributed by atoms with Crippen LogP contribution in [-0.2, 0) is 6.42 Å². The summed E-state index contributed by atoms with van der Waals surface area (Å²) in [6.07, 6.45) is 0.983. The Morgan fingerprint density at radius 3 is 2.11 bits per heavy atom. The second-order valence-corrected chi connectivity index (χ2v) is 7.09. The average Bonchev–Trinajstić information content (AvgIpc) is 3.10. The van der Waals surface area contributed by atoms with Crippen molar-refractivity contribution in [3.05, 3.63) is 114 Å². The van der Waals surface area contributed by atoms with Crippen LogP contribution in [0.5, 0.6) is 0 Å². The highest BCUT2D eigenvalue weighted by atomic mass is 15.1. The number of benzene rings is 4. The van der Waals surface area contributed by atoms with Gasteiger partial charge in [-0.2, -0.15) is 0 Å². The maximum Gasteiger partial charge on any atom is 0.0503 e. The van der Waals surface area contributed by atoms with Crippen molar-refractivity contribution < 1.29 is 0 Å². The van der Waals surface area contributed by atoms with Gasteiger partial charge in [0.05, 0.1) is 5.69 Å². The van der Waals surface area contributed by atoms with Crippen molar-refractivity contribution in [3.8, 4) is 11.1 Å². The van der Waals surface area contributed by atoms with Crippen molar-refractivity contribution in [1.82, 2.24) is 0 Å². The lowest BCUT2D eigenvalue weighted by Gasteiger charge is -2.29. The molecule has 0 spiro atoms. The van der Waals surface area contributed by atoms with Crippen molar-refractivity contribution in [2.24, 2.45) is 0 Å². The minimum atomic E-state index is 0.983. The molecule has 0 bridgehead atoms. The molecule has 5 rings (SSSR count). The van der Waals surface area contributed by atoms with Crippen molar-refractivity contribution >= 4 is 17.1 Å². The number of hydrogen-bond acceptors (Lipinski definition) is 1. The first-order valence-electron chi connectivity index (χ1n) is 9.44. The molecule has 4 aromatic carbocycles. The molecule has 0 N–H and O–H groups in total. The van der Waals surface area contributed by atoms with Crippen molar-refractivity contribution in [1.29, 1.82) is 0 Å². The number of fused-ring (bicyclic) bond motifs is 3. The molecule has 1 aliphatic rings. The normalized spacial score (nSPS) is 11.7. The van der Waals surface area contributed by atoms with Gasteiger partial charge in [0.2, 0.25) is 0 Å². The summed E-state index contributed by atoms with van der Waals surface area (Å²) in [6, 6.07) is 34.8. The van der Waals surface area contributed by atoms with E-state index in [1.54, 1.807) is 0 Å². The summed E-state index contributed by atoms with van der Waals surface area (Å²) in [5.74, 6) is 0. The smallest absolute Gasteiger partial charge is 0.0503 e. The van der Waals surface area contributed by atoms with Gasteiger partial charge in [-0.25, -0.2) is 0 Å². The summed E-state index contributed by atoms with van der Waals surface area (Å²) < 4.78 is 0. The van der Waals surface area contributed by atoms with Gasteiger partial charge in [0.1, 0.15) is 0 Å². The fourth-order valence-electron chi connectivity index (χ4n) is 4.15. The maximum atomic E-state index is 2.40. The van der Waals surface area contributed by atoms with Gasteiger partial charge in [0.25, 0.3) is 0 Å². The van der Waals surface area contributed by atoms with Crippen LogP contribution in [0, 0.1) is 6.92 Å². The zero-order valence-electron chi connectivity index (χ0n) is 15.4. The molecule has 0 aliphatic heterocycles. The number of aryl methyl sites for hydroxylation is 1. The van der Waals surface area contributed by atoms with E-state index < -0.39 is 0 Å². The molecule has 0 aromatic heterocycles. The van der Waals surface area contributed by atoms with Crippen LogP contribution in [0.3, 0.4) is 0 Å². The van der Waals surface area contributed by atoms with Crippen molar-refractivity contribution in [2.75, 3.05) is 4.90 Å². The predicted octanol–water partition coefficient (Wildman–Crippen LogP) is 7.04.